The second-order valence-corrected chi connectivity index (χ2v) is 14.4. The lowest BCUT2D eigenvalue weighted by Gasteiger charge is -2.28. The van der Waals surface area contributed by atoms with E-state index in [9.17, 15) is 19.2 Å². The lowest BCUT2D eigenvalue weighted by molar-refractivity contribution is 0.0975. The molecule has 0 amide bonds. The van der Waals surface area contributed by atoms with Crippen molar-refractivity contribution in [2.75, 3.05) is 9.80 Å². The van der Waals surface area contributed by atoms with E-state index in [-0.39, 0.29) is 34.3 Å². The molecule has 6 heteroatoms. The Hall–Kier alpha value is -7.70. The summed E-state index contributed by atoms with van der Waals surface area (Å²) in [4.78, 5) is 56.7. The van der Waals surface area contributed by atoms with Crippen LogP contribution in [-0.2, 0) is 13.1 Å². The summed E-state index contributed by atoms with van der Waals surface area (Å²) in [7, 11) is 0. The van der Waals surface area contributed by atoms with Crippen molar-refractivity contribution in [2.24, 2.45) is 0 Å². The van der Waals surface area contributed by atoms with Gasteiger partial charge in [0.05, 0.1) is 11.1 Å². The molecular formula is C52H36N2O4. The molecule has 6 nitrogen and oxygen atoms in total. The van der Waals surface area contributed by atoms with Crippen molar-refractivity contribution in [3.63, 3.8) is 0 Å². The molecular weight excluding hydrogens is 717 g/mol. The fraction of sp³-hybridized carbons (Fsp3) is 0.0385. The third kappa shape index (κ3) is 6.99. The van der Waals surface area contributed by atoms with Gasteiger partial charge in [0.2, 0.25) is 0 Å². The molecule has 2 aliphatic carbocycles. The van der Waals surface area contributed by atoms with Crippen LogP contribution in [0.3, 0.4) is 0 Å². The van der Waals surface area contributed by atoms with Gasteiger partial charge in [-0.25, -0.2) is 0 Å². The van der Waals surface area contributed by atoms with E-state index in [1.54, 1.807) is 60.7 Å². The maximum atomic E-state index is 13.1. The minimum absolute atomic E-state index is 0.183. The summed E-state index contributed by atoms with van der Waals surface area (Å²) in [6, 6.07) is 58.8. The highest BCUT2D eigenvalue weighted by Gasteiger charge is 2.33. The van der Waals surface area contributed by atoms with Crippen molar-refractivity contribution in [2.45, 2.75) is 13.1 Å². The molecule has 278 valence electrons. The number of nitrogens with zero attached hydrogens (tertiary/aromatic N) is 2. The first-order valence-corrected chi connectivity index (χ1v) is 19.1. The van der Waals surface area contributed by atoms with Gasteiger partial charge in [-0.1, -0.05) is 133 Å². The van der Waals surface area contributed by atoms with E-state index in [1.165, 1.54) is 0 Å². The molecule has 7 aromatic carbocycles. The Morgan fingerprint density at radius 3 is 0.862 bits per heavy atom. The van der Waals surface area contributed by atoms with E-state index in [4.69, 9.17) is 0 Å². The van der Waals surface area contributed by atoms with Crippen molar-refractivity contribution in [3.05, 3.63) is 238 Å². The Kier molecular flexibility index (Phi) is 9.58. The molecule has 0 aromatic heterocycles. The van der Waals surface area contributed by atoms with Gasteiger partial charge in [0.1, 0.15) is 0 Å². The van der Waals surface area contributed by atoms with Crippen molar-refractivity contribution >= 4 is 58.0 Å². The molecule has 9 rings (SSSR count). The quantitative estimate of drug-likeness (QED) is 0.102. The van der Waals surface area contributed by atoms with Gasteiger partial charge in [0.25, 0.3) is 0 Å². The predicted octanol–water partition coefficient (Wildman–Crippen LogP) is 11.3. The first-order valence-electron chi connectivity index (χ1n) is 19.1. The Labute approximate surface area is 336 Å². The molecule has 0 bridgehead atoms. The summed E-state index contributed by atoms with van der Waals surface area (Å²) in [5.41, 5.74) is 9.89. The summed E-state index contributed by atoms with van der Waals surface area (Å²) in [5.74, 6) is -0.969. The SMILES string of the molecule is O=C1C(=Cc2ccc(N(Cc3ccccc3)c3ccc(N(Cc4ccccc4)c4ccc(C=C5C(=O)c6ccccc6C5=O)cc4)cc3)cc2)C(=O)c2ccccc21. The number of rotatable bonds is 10. The lowest BCUT2D eigenvalue weighted by atomic mass is 10.1. The average molecular weight is 753 g/mol. The van der Waals surface area contributed by atoms with E-state index in [2.05, 4.69) is 58.3 Å². The molecule has 2 aliphatic rings. The summed E-state index contributed by atoms with van der Waals surface area (Å²) in [5, 5.41) is 0. The van der Waals surface area contributed by atoms with Crippen LogP contribution in [0.1, 0.15) is 63.7 Å². The van der Waals surface area contributed by atoms with Gasteiger partial charge >= 0.3 is 0 Å². The third-order valence-corrected chi connectivity index (χ3v) is 10.7. The lowest BCUT2D eigenvalue weighted by Crippen LogP contribution is -2.18. The number of ketones is 4. The standard InChI is InChI=1S/C52H36N2O4/c55-49-43-15-7-8-16-44(43)50(56)47(49)31-35-19-23-39(24-20-35)53(33-37-11-3-1-4-12-37)41-27-29-42(30-28-41)54(34-38-13-5-2-6-14-38)40-25-21-36(22-26-40)32-48-51(57)45-17-9-10-18-46(45)52(48)58/h1-32H,33-34H2. The number of carbonyl (C=O) groups is 4. The van der Waals surface area contributed by atoms with Crippen LogP contribution in [0, 0.1) is 0 Å². The molecule has 0 unspecified atom stereocenters. The van der Waals surface area contributed by atoms with E-state index >= 15 is 0 Å². The van der Waals surface area contributed by atoms with Crippen molar-refractivity contribution < 1.29 is 19.2 Å². The Morgan fingerprint density at radius 1 is 0.310 bits per heavy atom. The van der Waals surface area contributed by atoms with Crippen molar-refractivity contribution in [3.8, 4) is 0 Å². The highest BCUT2D eigenvalue weighted by molar-refractivity contribution is 6.42. The molecule has 7 aromatic rings. The van der Waals surface area contributed by atoms with Gasteiger partial charge in [0, 0.05) is 58.1 Å². The fourth-order valence-corrected chi connectivity index (χ4v) is 7.65. The molecule has 0 spiro atoms. The van der Waals surface area contributed by atoms with E-state index in [0.29, 0.717) is 35.3 Å². The second-order valence-electron chi connectivity index (χ2n) is 14.4. The number of carbonyl (C=O) groups excluding carboxylic acids is 4. The van der Waals surface area contributed by atoms with Gasteiger partial charge in [0.15, 0.2) is 23.1 Å². The van der Waals surface area contributed by atoms with Crippen LogP contribution in [0.5, 0.6) is 0 Å². The third-order valence-electron chi connectivity index (χ3n) is 10.7. The largest absolute Gasteiger partial charge is 0.337 e. The number of anilines is 4. The summed E-state index contributed by atoms with van der Waals surface area (Å²) < 4.78 is 0. The predicted molar refractivity (Wildman–Crippen MR) is 230 cm³/mol. The van der Waals surface area contributed by atoms with Crippen LogP contribution in [0.2, 0.25) is 0 Å². The fourth-order valence-electron chi connectivity index (χ4n) is 7.65. The second kappa shape index (κ2) is 15.4. The zero-order valence-electron chi connectivity index (χ0n) is 31.4. The Bertz CT molecular complexity index is 2500. The zero-order chi connectivity index (χ0) is 39.6. The van der Waals surface area contributed by atoms with Crippen LogP contribution in [0.25, 0.3) is 12.2 Å². The van der Waals surface area contributed by atoms with E-state index in [0.717, 1.165) is 45.0 Å². The number of allylic oxidation sites excluding steroid dienone is 2. The monoisotopic (exact) mass is 752 g/mol. The van der Waals surface area contributed by atoms with Crippen LogP contribution >= 0.6 is 0 Å². The van der Waals surface area contributed by atoms with E-state index in [1.807, 2.05) is 84.9 Å². The van der Waals surface area contributed by atoms with E-state index < -0.39 is 0 Å². The van der Waals surface area contributed by atoms with Crippen molar-refractivity contribution in [1.29, 1.82) is 0 Å². The Balaban J connectivity index is 1.01. The molecule has 0 fully saturated rings. The summed E-state index contributed by atoms with van der Waals surface area (Å²) in [6.45, 7) is 1.24. The number of hydrogen-bond donors (Lipinski definition) is 0. The van der Waals surface area contributed by atoms with Crippen LogP contribution in [0.15, 0.2) is 193 Å². The topological polar surface area (TPSA) is 74.8 Å². The molecule has 0 atom stereocenters. The molecule has 0 saturated carbocycles. The van der Waals surface area contributed by atoms with Gasteiger partial charge in [-0.3, -0.25) is 19.2 Å². The number of benzene rings is 7. The maximum absolute atomic E-state index is 13.1. The molecule has 0 aliphatic heterocycles. The first-order chi connectivity index (χ1) is 28.4. The number of fused-ring (bicyclic) bond motifs is 2. The minimum atomic E-state index is -0.242. The highest BCUT2D eigenvalue weighted by atomic mass is 16.2. The number of hydrogen-bond acceptors (Lipinski definition) is 6. The van der Waals surface area contributed by atoms with Crippen LogP contribution in [-0.4, -0.2) is 23.1 Å². The molecule has 0 N–H and O–H groups in total. The normalized spacial score (nSPS) is 13.0. The maximum Gasteiger partial charge on any atom is 0.197 e. The van der Waals surface area contributed by atoms with Crippen LogP contribution in [0.4, 0.5) is 22.7 Å². The summed E-state index contributed by atoms with van der Waals surface area (Å²) in [6.07, 6.45) is 3.37. The van der Waals surface area contributed by atoms with Gasteiger partial charge < -0.3 is 9.80 Å². The molecule has 0 heterocycles. The van der Waals surface area contributed by atoms with Crippen molar-refractivity contribution in [1.82, 2.24) is 0 Å². The highest BCUT2D eigenvalue weighted by Crippen LogP contribution is 2.35. The first kappa shape index (κ1) is 36.0. The molecule has 58 heavy (non-hydrogen) atoms. The van der Waals surface area contributed by atoms with Gasteiger partial charge in [-0.15, -0.1) is 0 Å². The Morgan fingerprint density at radius 2 is 0.569 bits per heavy atom. The van der Waals surface area contributed by atoms with Crippen LogP contribution < -0.4 is 9.80 Å². The number of Topliss-reactive ketones (excluding diaryl/α,β-unsaturated/α-hetero) is 4. The summed E-state index contributed by atoms with van der Waals surface area (Å²) >= 11 is 0. The smallest absolute Gasteiger partial charge is 0.197 e. The molecule has 0 saturated heterocycles. The average Bonchev–Trinajstić information content (AvgIpc) is 3.66. The zero-order valence-corrected chi connectivity index (χ0v) is 31.4. The van der Waals surface area contributed by atoms with Gasteiger partial charge in [-0.2, -0.15) is 0 Å². The molecule has 0 radical (unpaired) electrons. The van der Waals surface area contributed by atoms with Gasteiger partial charge in [-0.05, 0) is 82.9 Å². The minimum Gasteiger partial charge on any atom is -0.337 e.